The van der Waals surface area contributed by atoms with Gasteiger partial charge in [0.1, 0.15) is 11.6 Å². The van der Waals surface area contributed by atoms with E-state index >= 15 is 0 Å². The molecule has 0 spiro atoms. The van der Waals surface area contributed by atoms with Gasteiger partial charge in [0.15, 0.2) is 0 Å². The van der Waals surface area contributed by atoms with Crippen LogP contribution in [0.5, 0.6) is 5.75 Å². The Morgan fingerprint density at radius 3 is 2.38 bits per heavy atom. The number of aromatic hydroxyl groups is 1. The smallest absolute Gasteiger partial charge is 0.123 e. The summed E-state index contributed by atoms with van der Waals surface area (Å²) in [5, 5.41) is 9.41. The number of hydrogen-bond donors (Lipinski definition) is 1. The van der Waals surface area contributed by atoms with E-state index in [9.17, 15) is 9.50 Å². The van der Waals surface area contributed by atoms with Crippen molar-refractivity contribution in [3.63, 3.8) is 0 Å². The molecule has 0 radical (unpaired) electrons. The molecule has 80 valence electrons. The van der Waals surface area contributed by atoms with Gasteiger partial charge in [-0.15, -0.1) is 0 Å². The highest BCUT2D eigenvalue weighted by Crippen LogP contribution is 2.13. The molecule has 0 unspecified atom stereocenters. The lowest BCUT2D eigenvalue weighted by atomic mass is 10.2. The van der Waals surface area contributed by atoms with Crippen molar-refractivity contribution in [2.24, 2.45) is 4.99 Å². The SMILES string of the molecule is [2H]c1c([2H])c(C=Nc2ccc(F)cc2)c([2H])c([2H])c1O. The van der Waals surface area contributed by atoms with Crippen LogP contribution in [0.4, 0.5) is 10.1 Å². The van der Waals surface area contributed by atoms with Crippen LogP contribution in [0, 0.1) is 5.82 Å². The van der Waals surface area contributed by atoms with Gasteiger partial charge in [-0.3, -0.25) is 4.99 Å². The van der Waals surface area contributed by atoms with Crippen LogP contribution in [0.2, 0.25) is 0 Å². The fourth-order valence-corrected chi connectivity index (χ4v) is 1.05. The summed E-state index contributed by atoms with van der Waals surface area (Å²) in [7, 11) is 0. The summed E-state index contributed by atoms with van der Waals surface area (Å²) in [6, 6.07) is 3.48. The van der Waals surface area contributed by atoms with Gasteiger partial charge in [0.05, 0.1) is 11.2 Å². The zero-order valence-electron chi connectivity index (χ0n) is 12.2. The van der Waals surface area contributed by atoms with Gasteiger partial charge in [-0.05, 0) is 54.0 Å². The fraction of sp³-hybridized carbons (Fsp3) is 0. The van der Waals surface area contributed by atoms with Gasteiger partial charge in [-0.1, -0.05) is 0 Å². The van der Waals surface area contributed by atoms with Gasteiger partial charge < -0.3 is 5.11 Å². The first-order chi connectivity index (χ1) is 9.41. The normalized spacial score (nSPS) is 14.3. The Morgan fingerprint density at radius 1 is 1.12 bits per heavy atom. The van der Waals surface area contributed by atoms with Gasteiger partial charge in [-0.2, -0.15) is 0 Å². The lowest BCUT2D eigenvalue weighted by Gasteiger charge is -1.95. The Bertz CT molecular complexity index is 657. The van der Waals surface area contributed by atoms with E-state index in [0.717, 1.165) is 6.21 Å². The van der Waals surface area contributed by atoms with Crippen LogP contribution >= 0.6 is 0 Å². The van der Waals surface area contributed by atoms with Gasteiger partial charge in [0.25, 0.3) is 0 Å². The molecule has 0 bridgehead atoms. The first kappa shape index (κ1) is 6.43. The van der Waals surface area contributed by atoms with Crippen molar-refractivity contribution in [2.45, 2.75) is 0 Å². The van der Waals surface area contributed by atoms with Crippen LogP contribution in [-0.2, 0) is 0 Å². The molecule has 0 aromatic heterocycles. The second-order valence-electron chi connectivity index (χ2n) is 3.00. The van der Waals surface area contributed by atoms with Gasteiger partial charge in [0.2, 0.25) is 0 Å². The highest BCUT2D eigenvalue weighted by Gasteiger charge is 1.91. The molecule has 1 N–H and O–H groups in total. The summed E-state index contributed by atoms with van der Waals surface area (Å²) < 4.78 is 43.0. The van der Waals surface area contributed by atoms with Gasteiger partial charge in [0, 0.05) is 6.21 Å². The van der Waals surface area contributed by atoms with E-state index in [-0.39, 0.29) is 17.6 Å². The molecular weight excluding hydrogens is 205 g/mol. The second-order valence-corrected chi connectivity index (χ2v) is 3.00. The zero-order valence-corrected chi connectivity index (χ0v) is 8.16. The average molecular weight is 219 g/mol. The van der Waals surface area contributed by atoms with Crippen LogP contribution in [-0.4, -0.2) is 11.3 Å². The second kappa shape index (κ2) is 4.57. The van der Waals surface area contributed by atoms with E-state index < -0.39 is 23.7 Å². The maximum absolute atomic E-state index is 12.7. The van der Waals surface area contributed by atoms with Crippen molar-refractivity contribution >= 4 is 11.9 Å². The number of aliphatic imine (C=N–C) groups is 1. The molecule has 2 aromatic carbocycles. The number of nitrogens with zero attached hydrogens (tertiary/aromatic N) is 1. The van der Waals surface area contributed by atoms with Crippen molar-refractivity contribution in [1.29, 1.82) is 0 Å². The maximum Gasteiger partial charge on any atom is 0.123 e. The van der Waals surface area contributed by atoms with Crippen LogP contribution in [0.3, 0.4) is 0 Å². The van der Waals surface area contributed by atoms with Crippen molar-refractivity contribution in [1.82, 2.24) is 0 Å². The van der Waals surface area contributed by atoms with Crippen molar-refractivity contribution < 1.29 is 15.0 Å². The summed E-state index contributed by atoms with van der Waals surface area (Å²) >= 11 is 0. The number of hydrogen-bond acceptors (Lipinski definition) is 2. The minimum absolute atomic E-state index is 0.0397. The van der Waals surface area contributed by atoms with Crippen LogP contribution in [0.15, 0.2) is 53.4 Å². The quantitative estimate of drug-likeness (QED) is 0.772. The van der Waals surface area contributed by atoms with E-state index in [1.54, 1.807) is 0 Å². The largest absolute Gasteiger partial charge is 0.508 e. The third-order valence-corrected chi connectivity index (χ3v) is 1.80. The molecule has 2 nitrogen and oxygen atoms in total. The zero-order chi connectivity index (χ0) is 14.9. The molecule has 3 heteroatoms. The molecular formula is C13H10FNO. The van der Waals surface area contributed by atoms with E-state index in [1.807, 2.05) is 0 Å². The summed E-state index contributed by atoms with van der Waals surface area (Å²) in [6.07, 6.45) is 1.16. The molecule has 2 aromatic rings. The first-order valence-corrected chi connectivity index (χ1v) is 4.50. The number of benzene rings is 2. The summed E-state index contributed by atoms with van der Waals surface area (Å²) in [6.45, 7) is 0. The highest BCUT2D eigenvalue weighted by atomic mass is 19.1. The molecule has 0 saturated carbocycles. The Labute approximate surface area is 98.3 Å². The predicted octanol–water partition coefficient (Wildman–Crippen LogP) is 3.28. The summed E-state index contributed by atoms with van der Waals surface area (Å²) in [5.74, 6) is -1.10. The van der Waals surface area contributed by atoms with Crippen LogP contribution < -0.4 is 0 Å². The third-order valence-electron chi connectivity index (χ3n) is 1.80. The molecule has 0 fully saturated rings. The van der Waals surface area contributed by atoms with E-state index in [1.165, 1.54) is 24.3 Å². The maximum atomic E-state index is 12.7. The standard InChI is InChI=1S/C13H10FNO/c14-11-3-5-12(6-4-11)15-9-10-1-7-13(16)8-2-10/h1-9,16H/i1D,2D,7D,8D. The molecule has 2 rings (SSSR count). The van der Waals surface area contributed by atoms with E-state index in [0.29, 0.717) is 5.69 Å². The lowest BCUT2D eigenvalue weighted by molar-refractivity contribution is 0.475. The van der Waals surface area contributed by atoms with Gasteiger partial charge >= 0.3 is 0 Å². The molecule has 16 heavy (non-hydrogen) atoms. The number of phenolic OH excluding ortho intramolecular Hbond substituents is 1. The average Bonchev–Trinajstić information content (AvgIpc) is 2.45. The topological polar surface area (TPSA) is 32.6 Å². The molecule has 0 aliphatic heterocycles. The highest BCUT2D eigenvalue weighted by molar-refractivity contribution is 5.82. The van der Waals surface area contributed by atoms with E-state index in [2.05, 4.69) is 4.99 Å². The Balaban J connectivity index is 2.46. The Hall–Kier alpha value is -2.16. The molecule has 0 amide bonds. The van der Waals surface area contributed by atoms with Crippen molar-refractivity contribution in [3.8, 4) is 5.75 Å². The number of phenols is 1. The van der Waals surface area contributed by atoms with Crippen molar-refractivity contribution in [2.75, 3.05) is 0 Å². The van der Waals surface area contributed by atoms with Crippen LogP contribution in [0.1, 0.15) is 11.0 Å². The Morgan fingerprint density at radius 2 is 1.75 bits per heavy atom. The van der Waals surface area contributed by atoms with E-state index in [4.69, 9.17) is 5.48 Å². The summed E-state index contributed by atoms with van der Waals surface area (Å²) in [4.78, 5) is 3.97. The molecule has 0 aliphatic rings. The predicted molar refractivity (Wildman–Crippen MR) is 61.8 cm³/mol. The first-order valence-electron chi connectivity index (χ1n) is 6.50. The molecule has 0 saturated heterocycles. The summed E-state index contributed by atoms with van der Waals surface area (Å²) in [5.41, 5.74) is 0.374. The minimum atomic E-state index is -0.695. The molecule has 0 heterocycles. The van der Waals surface area contributed by atoms with Gasteiger partial charge in [-0.25, -0.2) is 4.39 Å². The number of halogens is 1. The third kappa shape index (κ3) is 2.67. The fourth-order valence-electron chi connectivity index (χ4n) is 1.05. The Kier molecular flexibility index (Phi) is 1.84. The molecule has 0 atom stereocenters. The number of rotatable bonds is 2. The minimum Gasteiger partial charge on any atom is -0.508 e. The lowest BCUT2D eigenvalue weighted by Crippen LogP contribution is -1.79. The molecule has 0 aliphatic carbocycles. The van der Waals surface area contributed by atoms with Crippen molar-refractivity contribution in [3.05, 3.63) is 59.8 Å². The monoisotopic (exact) mass is 219 g/mol. The van der Waals surface area contributed by atoms with Crippen LogP contribution in [0.25, 0.3) is 0 Å².